The van der Waals surface area contributed by atoms with Crippen LogP contribution in [0.5, 0.6) is 0 Å². The number of amides is 1. The lowest BCUT2D eigenvalue weighted by molar-refractivity contribution is -0.132. The molecule has 4 nitrogen and oxygen atoms in total. The van der Waals surface area contributed by atoms with Crippen molar-refractivity contribution in [2.24, 2.45) is 5.73 Å². The third-order valence-electron chi connectivity index (χ3n) is 3.44. The average Bonchev–Trinajstić information content (AvgIpc) is 2.63. The van der Waals surface area contributed by atoms with E-state index in [-0.39, 0.29) is 0 Å². The predicted molar refractivity (Wildman–Crippen MR) is 70.8 cm³/mol. The molecule has 0 aliphatic carbocycles. The largest absolute Gasteiger partial charge is 0.342 e. The van der Waals surface area contributed by atoms with Gasteiger partial charge in [0.2, 0.25) is 5.91 Å². The van der Waals surface area contributed by atoms with Gasteiger partial charge in [0.1, 0.15) is 0 Å². The minimum Gasteiger partial charge on any atom is -0.342 e. The van der Waals surface area contributed by atoms with Crippen molar-refractivity contribution in [3.05, 3.63) is 0 Å². The molecule has 2 N–H and O–H groups in total. The number of hydrogen-bond acceptors (Lipinski definition) is 3. The van der Waals surface area contributed by atoms with Gasteiger partial charge in [0.15, 0.2) is 0 Å². The van der Waals surface area contributed by atoms with E-state index in [0.29, 0.717) is 19.0 Å². The van der Waals surface area contributed by atoms with Crippen LogP contribution < -0.4 is 5.73 Å². The normalized spacial score (nSPS) is 17.2. The van der Waals surface area contributed by atoms with E-state index in [4.69, 9.17) is 5.73 Å². The Morgan fingerprint density at radius 2 is 1.88 bits per heavy atom. The fourth-order valence-electron chi connectivity index (χ4n) is 2.28. The SMILES string of the molecule is CCN(CCCN)CC(=O)N1CCCCCC1. The number of carbonyl (C=O) groups is 1. The Labute approximate surface area is 105 Å². The van der Waals surface area contributed by atoms with Crippen molar-refractivity contribution >= 4 is 5.91 Å². The van der Waals surface area contributed by atoms with Crippen LogP contribution in [-0.2, 0) is 4.79 Å². The summed E-state index contributed by atoms with van der Waals surface area (Å²) in [6.45, 7) is 7.14. The van der Waals surface area contributed by atoms with Gasteiger partial charge in [0.05, 0.1) is 6.54 Å². The summed E-state index contributed by atoms with van der Waals surface area (Å²) < 4.78 is 0. The maximum atomic E-state index is 12.1. The van der Waals surface area contributed by atoms with Gasteiger partial charge in [-0.3, -0.25) is 9.69 Å². The van der Waals surface area contributed by atoms with E-state index < -0.39 is 0 Å². The molecule has 4 heteroatoms. The molecule has 1 rings (SSSR count). The lowest BCUT2D eigenvalue weighted by Gasteiger charge is -2.25. The first-order valence-electron chi connectivity index (χ1n) is 6.98. The Morgan fingerprint density at radius 1 is 1.24 bits per heavy atom. The molecule has 0 aromatic rings. The summed E-state index contributed by atoms with van der Waals surface area (Å²) >= 11 is 0. The molecule has 100 valence electrons. The van der Waals surface area contributed by atoms with E-state index in [1.807, 2.05) is 4.90 Å². The number of hydrogen-bond donors (Lipinski definition) is 1. The van der Waals surface area contributed by atoms with E-state index in [0.717, 1.165) is 32.6 Å². The van der Waals surface area contributed by atoms with Gasteiger partial charge in [-0.2, -0.15) is 0 Å². The monoisotopic (exact) mass is 241 g/mol. The van der Waals surface area contributed by atoms with E-state index in [9.17, 15) is 4.79 Å². The van der Waals surface area contributed by atoms with E-state index >= 15 is 0 Å². The second kappa shape index (κ2) is 8.48. The first-order chi connectivity index (χ1) is 8.27. The van der Waals surface area contributed by atoms with Crippen LogP contribution in [0, 0.1) is 0 Å². The lowest BCUT2D eigenvalue weighted by atomic mass is 10.2. The second-order valence-corrected chi connectivity index (χ2v) is 4.81. The number of rotatable bonds is 6. The molecule has 0 aromatic heterocycles. The Morgan fingerprint density at radius 3 is 2.41 bits per heavy atom. The van der Waals surface area contributed by atoms with E-state index in [2.05, 4.69) is 11.8 Å². The summed E-state index contributed by atoms with van der Waals surface area (Å²) in [6.07, 6.45) is 5.85. The number of nitrogens with zero attached hydrogens (tertiary/aromatic N) is 2. The average molecular weight is 241 g/mol. The summed E-state index contributed by atoms with van der Waals surface area (Å²) in [7, 11) is 0. The summed E-state index contributed by atoms with van der Waals surface area (Å²) in [5.41, 5.74) is 5.50. The van der Waals surface area contributed by atoms with Gasteiger partial charge < -0.3 is 10.6 Å². The van der Waals surface area contributed by atoms with Gasteiger partial charge in [-0.15, -0.1) is 0 Å². The number of carbonyl (C=O) groups excluding carboxylic acids is 1. The topological polar surface area (TPSA) is 49.6 Å². The Kier molecular flexibility index (Phi) is 7.21. The molecule has 17 heavy (non-hydrogen) atoms. The predicted octanol–water partition coefficient (Wildman–Crippen LogP) is 1.06. The molecule has 1 aliphatic heterocycles. The van der Waals surface area contributed by atoms with Crippen molar-refractivity contribution in [1.82, 2.24) is 9.80 Å². The van der Waals surface area contributed by atoms with Gasteiger partial charge >= 0.3 is 0 Å². The maximum Gasteiger partial charge on any atom is 0.236 e. The van der Waals surface area contributed by atoms with Crippen molar-refractivity contribution in [2.45, 2.75) is 39.0 Å². The highest BCUT2D eigenvalue weighted by Gasteiger charge is 2.17. The van der Waals surface area contributed by atoms with Crippen LogP contribution in [-0.4, -0.2) is 55.0 Å². The minimum atomic E-state index is 0.297. The van der Waals surface area contributed by atoms with Crippen LogP contribution >= 0.6 is 0 Å². The van der Waals surface area contributed by atoms with Crippen molar-refractivity contribution < 1.29 is 4.79 Å². The molecule has 1 saturated heterocycles. The molecule has 0 spiro atoms. The van der Waals surface area contributed by atoms with Gasteiger partial charge in [-0.05, 0) is 38.9 Å². The van der Waals surface area contributed by atoms with E-state index in [1.54, 1.807) is 0 Å². The standard InChI is InChI=1S/C13H27N3O/c1-2-15(9-7-8-14)12-13(17)16-10-5-3-4-6-11-16/h2-12,14H2,1H3. The molecule has 0 radical (unpaired) electrons. The summed E-state index contributed by atoms with van der Waals surface area (Å²) in [6, 6.07) is 0. The van der Waals surface area contributed by atoms with Crippen LogP contribution in [0.4, 0.5) is 0 Å². The zero-order chi connectivity index (χ0) is 12.5. The first kappa shape index (κ1) is 14.5. The van der Waals surface area contributed by atoms with Crippen LogP contribution in [0.3, 0.4) is 0 Å². The third kappa shape index (κ3) is 5.50. The van der Waals surface area contributed by atoms with Gasteiger partial charge in [0.25, 0.3) is 0 Å². The first-order valence-corrected chi connectivity index (χ1v) is 6.98. The smallest absolute Gasteiger partial charge is 0.236 e. The Balaban J connectivity index is 2.34. The summed E-state index contributed by atoms with van der Waals surface area (Å²) in [4.78, 5) is 16.4. The Hall–Kier alpha value is -0.610. The third-order valence-corrected chi connectivity index (χ3v) is 3.44. The molecule has 1 heterocycles. The lowest BCUT2D eigenvalue weighted by Crippen LogP contribution is -2.41. The minimum absolute atomic E-state index is 0.297. The molecule has 0 aromatic carbocycles. The van der Waals surface area contributed by atoms with Gasteiger partial charge in [-0.1, -0.05) is 19.8 Å². The second-order valence-electron chi connectivity index (χ2n) is 4.81. The highest BCUT2D eigenvalue weighted by atomic mass is 16.2. The number of likely N-dealkylation sites (N-methyl/N-ethyl adjacent to an activating group) is 1. The van der Waals surface area contributed by atoms with Crippen molar-refractivity contribution in [3.8, 4) is 0 Å². The van der Waals surface area contributed by atoms with Crippen molar-refractivity contribution in [1.29, 1.82) is 0 Å². The Bertz CT molecular complexity index is 213. The van der Waals surface area contributed by atoms with Crippen LogP contribution in [0.1, 0.15) is 39.0 Å². The molecular formula is C13H27N3O. The van der Waals surface area contributed by atoms with Crippen molar-refractivity contribution in [3.63, 3.8) is 0 Å². The van der Waals surface area contributed by atoms with E-state index in [1.165, 1.54) is 25.7 Å². The fourth-order valence-corrected chi connectivity index (χ4v) is 2.28. The maximum absolute atomic E-state index is 12.1. The molecule has 1 amide bonds. The molecule has 0 unspecified atom stereocenters. The summed E-state index contributed by atoms with van der Waals surface area (Å²) in [5, 5.41) is 0. The van der Waals surface area contributed by atoms with Crippen LogP contribution in [0.15, 0.2) is 0 Å². The molecule has 0 bridgehead atoms. The fraction of sp³-hybridized carbons (Fsp3) is 0.923. The zero-order valence-corrected chi connectivity index (χ0v) is 11.2. The quantitative estimate of drug-likeness (QED) is 0.756. The van der Waals surface area contributed by atoms with Gasteiger partial charge in [-0.25, -0.2) is 0 Å². The highest BCUT2D eigenvalue weighted by Crippen LogP contribution is 2.10. The molecule has 1 fully saturated rings. The van der Waals surface area contributed by atoms with Crippen molar-refractivity contribution in [2.75, 3.05) is 39.3 Å². The molecule has 1 aliphatic rings. The number of nitrogens with two attached hydrogens (primary N) is 1. The molecule has 0 saturated carbocycles. The van der Waals surface area contributed by atoms with Crippen LogP contribution in [0.2, 0.25) is 0 Å². The zero-order valence-electron chi connectivity index (χ0n) is 11.2. The molecule has 0 atom stereocenters. The highest BCUT2D eigenvalue weighted by molar-refractivity contribution is 5.78. The van der Waals surface area contributed by atoms with Crippen LogP contribution in [0.25, 0.3) is 0 Å². The summed E-state index contributed by atoms with van der Waals surface area (Å²) in [5.74, 6) is 0.297. The number of likely N-dealkylation sites (tertiary alicyclic amines) is 1. The molecular weight excluding hydrogens is 214 g/mol. The van der Waals surface area contributed by atoms with Gasteiger partial charge in [0, 0.05) is 13.1 Å².